The van der Waals surface area contributed by atoms with Crippen LogP contribution in [0.15, 0.2) is 48.5 Å². The number of benzene rings is 2. The van der Waals surface area contributed by atoms with Gasteiger partial charge >= 0.3 is 0 Å². The Morgan fingerprint density at radius 1 is 0.897 bits per heavy atom. The van der Waals surface area contributed by atoms with Gasteiger partial charge in [0.15, 0.2) is 0 Å². The van der Waals surface area contributed by atoms with Gasteiger partial charge in [-0.05, 0) is 80.6 Å². The van der Waals surface area contributed by atoms with Crippen molar-refractivity contribution < 1.29 is 4.74 Å². The Morgan fingerprint density at radius 2 is 1.62 bits per heavy atom. The van der Waals surface area contributed by atoms with E-state index in [1.165, 1.54) is 75.1 Å². The van der Waals surface area contributed by atoms with Crippen LogP contribution >= 0.6 is 0 Å². The highest BCUT2D eigenvalue weighted by atomic mass is 16.5. The molecule has 29 heavy (non-hydrogen) atoms. The molecule has 0 saturated carbocycles. The summed E-state index contributed by atoms with van der Waals surface area (Å²) >= 11 is 0. The number of hydrogen-bond acceptors (Lipinski definition) is 4. The molecule has 0 aliphatic carbocycles. The van der Waals surface area contributed by atoms with E-state index in [1.54, 1.807) is 7.11 Å². The normalized spacial score (nSPS) is 18.7. The first kappa shape index (κ1) is 20.2. The molecule has 0 unspecified atom stereocenters. The van der Waals surface area contributed by atoms with Crippen LogP contribution in [0.5, 0.6) is 5.75 Å². The molecule has 4 rings (SSSR count). The van der Waals surface area contributed by atoms with Crippen LogP contribution in [0.25, 0.3) is 0 Å². The van der Waals surface area contributed by atoms with Crippen molar-refractivity contribution in [1.82, 2.24) is 10.2 Å². The summed E-state index contributed by atoms with van der Waals surface area (Å²) in [5.74, 6) is 0.944. The molecular formula is C25H35N3O. The highest BCUT2D eigenvalue weighted by molar-refractivity contribution is 5.47. The number of methoxy groups -OCH3 is 1. The van der Waals surface area contributed by atoms with Crippen molar-refractivity contribution in [3.63, 3.8) is 0 Å². The van der Waals surface area contributed by atoms with Gasteiger partial charge in [-0.15, -0.1) is 0 Å². The lowest BCUT2D eigenvalue weighted by Gasteiger charge is -2.29. The van der Waals surface area contributed by atoms with Crippen LogP contribution in [0.2, 0.25) is 0 Å². The first-order valence-corrected chi connectivity index (χ1v) is 11.3. The number of ether oxygens (including phenoxy) is 1. The molecule has 1 atom stereocenters. The Bertz CT molecular complexity index is 749. The molecule has 2 aliphatic heterocycles. The van der Waals surface area contributed by atoms with Crippen molar-refractivity contribution in [1.29, 1.82) is 0 Å². The molecule has 156 valence electrons. The van der Waals surface area contributed by atoms with Crippen LogP contribution in [-0.2, 0) is 6.54 Å². The second-order valence-electron chi connectivity index (χ2n) is 8.38. The van der Waals surface area contributed by atoms with Crippen molar-refractivity contribution in [2.24, 2.45) is 0 Å². The Kier molecular flexibility index (Phi) is 7.07. The van der Waals surface area contributed by atoms with Gasteiger partial charge in [0.1, 0.15) is 5.75 Å². The molecule has 4 nitrogen and oxygen atoms in total. The lowest BCUT2D eigenvalue weighted by molar-refractivity contribution is 0.238. The summed E-state index contributed by atoms with van der Waals surface area (Å²) in [5.41, 5.74) is 4.08. The summed E-state index contributed by atoms with van der Waals surface area (Å²) in [7, 11) is 1.75. The summed E-state index contributed by atoms with van der Waals surface area (Å²) in [5, 5.41) is 3.72. The number of nitrogens with zero attached hydrogens (tertiary/aromatic N) is 2. The quantitative estimate of drug-likeness (QED) is 0.709. The second kappa shape index (κ2) is 10.1. The summed E-state index contributed by atoms with van der Waals surface area (Å²) in [6, 6.07) is 18.1. The third-order valence-electron chi connectivity index (χ3n) is 6.38. The topological polar surface area (TPSA) is 27.7 Å². The molecule has 2 heterocycles. The van der Waals surface area contributed by atoms with Gasteiger partial charge in [-0.1, -0.05) is 24.3 Å². The number of likely N-dealkylation sites (tertiary alicyclic amines) is 1. The Labute approximate surface area is 175 Å². The zero-order valence-electron chi connectivity index (χ0n) is 17.8. The molecule has 0 bridgehead atoms. The number of nitrogens with one attached hydrogen (secondary N) is 1. The van der Waals surface area contributed by atoms with Gasteiger partial charge in [-0.25, -0.2) is 0 Å². The van der Waals surface area contributed by atoms with Crippen LogP contribution in [0, 0.1) is 0 Å². The molecule has 2 aliphatic rings. The fraction of sp³-hybridized carbons (Fsp3) is 0.520. The van der Waals surface area contributed by atoms with Crippen molar-refractivity contribution in [2.75, 3.05) is 44.7 Å². The van der Waals surface area contributed by atoms with Gasteiger partial charge in [0.25, 0.3) is 0 Å². The fourth-order valence-corrected chi connectivity index (χ4v) is 4.69. The van der Waals surface area contributed by atoms with Crippen molar-refractivity contribution >= 4 is 5.69 Å². The Morgan fingerprint density at radius 3 is 2.34 bits per heavy atom. The highest BCUT2D eigenvalue weighted by Gasteiger charge is 2.23. The van der Waals surface area contributed by atoms with E-state index in [2.05, 4.69) is 57.6 Å². The maximum atomic E-state index is 5.46. The minimum Gasteiger partial charge on any atom is -0.497 e. The van der Waals surface area contributed by atoms with E-state index in [9.17, 15) is 0 Å². The van der Waals surface area contributed by atoms with Crippen molar-refractivity contribution in [2.45, 2.75) is 44.7 Å². The van der Waals surface area contributed by atoms with Gasteiger partial charge < -0.3 is 15.0 Å². The van der Waals surface area contributed by atoms with Crippen molar-refractivity contribution in [3.05, 3.63) is 59.7 Å². The Hall–Kier alpha value is -2.04. The predicted octanol–water partition coefficient (Wildman–Crippen LogP) is 4.61. The standard InChI is InChI=1S/C25H35N3O/c1-29-24-9-7-8-22(18-24)25(28-16-5-6-17-28)20-26-19-21-10-12-23(13-11-21)27-14-3-2-4-15-27/h7-13,18,25-26H,2-6,14-17,19-20H2,1H3/t25-/m1/s1. The van der Waals surface area contributed by atoms with Gasteiger partial charge in [-0.3, -0.25) is 4.90 Å². The number of anilines is 1. The highest BCUT2D eigenvalue weighted by Crippen LogP contribution is 2.27. The molecule has 0 radical (unpaired) electrons. The van der Waals surface area contributed by atoms with E-state index < -0.39 is 0 Å². The van der Waals surface area contributed by atoms with Crippen LogP contribution in [0.4, 0.5) is 5.69 Å². The third kappa shape index (κ3) is 5.31. The third-order valence-corrected chi connectivity index (χ3v) is 6.38. The van der Waals surface area contributed by atoms with E-state index in [0.29, 0.717) is 6.04 Å². The average molecular weight is 394 g/mol. The molecule has 2 fully saturated rings. The predicted molar refractivity (Wildman–Crippen MR) is 121 cm³/mol. The minimum atomic E-state index is 0.403. The molecule has 1 N–H and O–H groups in total. The largest absolute Gasteiger partial charge is 0.497 e. The van der Waals surface area contributed by atoms with Crippen molar-refractivity contribution in [3.8, 4) is 5.75 Å². The van der Waals surface area contributed by atoms with E-state index in [-0.39, 0.29) is 0 Å². The van der Waals surface area contributed by atoms with E-state index in [4.69, 9.17) is 4.74 Å². The molecule has 4 heteroatoms. The molecule has 2 aromatic carbocycles. The molecule has 0 aromatic heterocycles. The molecular weight excluding hydrogens is 358 g/mol. The summed E-state index contributed by atoms with van der Waals surface area (Å²) in [4.78, 5) is 5.13. The lowest BCUT2D eigenvalue weighted by atomic mass is 10.0. The van der Waals surface area contributed by atoms with Gasteiger partial charge in [-0.2, -0.15) is 0 Å². The average Bonchev–Trinajstić information content (AvgIpc) is 3.32. The van der Waals surface area contributed by atoms with Crippen LogP contribution in [-0.4, -0.2) is 44.7 Å². The fourth-order valence-electron chi connectivity index (χ4n) is 4.69. The molecule has 0 spiro atoms. The van der Waals surface area contributed by atoms with Gasteiger partial charge in [0.2, 0.25) is 0 Å². The number of piperidine rings is 1. The minimum absolute atomic E-state index is 0.403. The number of rotatable bonds is 8. The van der Waals surface area contributed by atoms with Gasteiger partial charge in [0, 0.05) is 37.9 Å². The van der Waals surface area contributed by atoms with Crippen LogP contribution in [0.3, 0.4) is 0 Å². The zero-order valence-corrected chi connectivity index (χ0v) is 17.8. The summed E-state index contributed by atoms with van der Waals surface area (Å²) in [6.45, 7) is 6.66. The van der Waals surface area contributed by atoms with Crippen LogP contribution < -0.4 is 15.0 Å². The number of hydrogen-bond donors (Lipinski definition) is 1. The maximum absolute atomic E-state index is 5.46. The van der Waals surface area contributed by atoms with E-state index in [1.807, 2.05) is 6.07 Å². The zero-order chi connectivity index (χ0) is 19.9. The molecule has 2 saturated heterocycles. The lowest BCUT2D eigenvalue weighted by Crippen LogP contribution is -2.34. The smallest absolute Gasteiger partial charge is 0.119 e. The van der Waals surface area contributed by atoms with E-state index in [0.717, 1.165) is 18.8 Å². The Balaban J connectivity index is 1.36. The molecule has 2 aromatic rings. The monoisotopic (exact) mass is 393 g/mol. The van der Waals surface area contributed by atoms with Crippen LogP contribution in [0.1, 0.15) is 49.3 Å². The first-order chi connectivity index (χ1) is 14.3. The molecule has 0 amide bonds. The summed E-state index contributed by atoms with van der Waals surface area (Å²) < 4.78 is 5.46. The first-order valence-electron chi connectivity index (χ1n) is 11.3. The van der Waals surface area contributed by atoms with E-state index >= 15 is 0 Å². The van der Waals surface area contributed by atoms with Gasteiger partial charge in [0.05, 0.1) is 7.11 Å². The summed E-state index contributed by atoms with van der Waals surface area (Å²) in [6.07, 6.45) is 6.64. The SMILES string of the molecule is COc1cccc([C@@H](CNCc2ccc(N3CCCCC3)cc2)N2CCCC2)c1. The maximum Gasteiger partial charge on any atom is 0.119 e. The second-order valence-corrected chi connectivity index (χ2v) is 8.38.